The normalized spacial score (nSPS) is 25.0. The van der Waals surface area contributed by atoms with E-state index in [0.29, 0.717) is 6.54 Å². The van der Waals surface area contributed by atoms with Crippen LogP contribution in [0.15, 0.2) is 24.8 Å². The van der Waals surface area contributed by atoms with E-state index in [1.54, 1.807) is 19.5 Å². The van der Waals surface area contributed by atoms with Gasteiger partial charge < -0.3 is 9.64 Å². The Morgan fingerprint density at radius 3 is 2.96 bits per heavy atom. The molecule has 2 saturated heterocycles. The van der Waals surface area contributed by atoms with Gasteiger partial charge in [-0.25, -0.2) is 4.98 Å². The first-order chi connectivity index (χ1) is 11.8. The van der Waals surface area contributed by atoms with E-state index < -0.39 is 0 Å². The molecule has 128 valence electrons. The summed E-state index contributed by atoms with van der Waals surface area (Å²) in [6.45, 7) is 3.25. The molecule has 7 nitrogen and oxygen atoms in total. The van der Waals surface area contributed by atoms with E-state index in [0.717, 1.165) is 50.2 Å². The molecule has 2 aliphatic heterocycles. The van der Waals surface area contributed by atoms with Gasteiger partial charge in [0.1, 0.15) is 0 Å². The van der Waals surface area contributed by atoms with Crippen molar-refractivity contribution in [3.63, 3.8) is 0 Å². The predicted octanol–water partition coefficient (Wildman–Crippen LogP) is 0.941. The average Bonchev–Trinajstić information content (AvgIpc) is 3.35. The first kappa shape index (κ1) is 15.5. The number of nitrogens with zero attached hydrogens (tertiary/aromatic N) is 5. The number of hydrogen-bond acceptors (Lipinski definition) is 5. The number of carbonyl (C=O) groups is 1. The van der Waals surface area contributed by atoms with Gasteiger partial charge in [0.05, 0.1) is 30.2 Å². The highest BCUT2D eigenvalue weighted by molar-refractivity contribution is 5.82. The molecule has 0 N–H and O–H groups in total. The summed E-state index contributed by atoms with van der Waals surface area (Å²) in [4.78, 5) is 25.6. The first-order valence-corrected chi connectivity index (χ1v) is 8.58. The zero-order valence-corrected chi connectivity index (χ0v) is 14.0. The summed E-state index contributed by atoms with van der Waals surface area (Å²) < 4.78 is 7.58. The summed E-state index contributed by atoms with van der Waals surface area (Å²) in [6, 6.07) is -0.0968. The molecule has 4 heterocycles. The molecule has 2 atom stereocenters. The number of fused-ring (bicyclic) bond motifs is 1. The van der Waals surface area contributed by atoms with Crippen LogP contribution in [0.1, 0.15) is 25.0 Å². The van der Waals surface area contributed by atoms with Gasteiger partial charge in [0.2, 0.25) is 5.91 Å². The van der Waals surface area contributed by atoms with E-state index in [4.69, 9.17) is 4.74 Å². The first-order valence-electron chi connectivity index (χ1n) is 8.58. The molecule has 0 radical (unpaired) electrons. The Kier molecular flexibility index (Phi) is 4.20. The lowest BCUT2D eigenvalue weighted by Gasteiger charge is -2.27. The maximum atomic E-state index is 12.9. The standard InChI is InChI=1S/C17H23N5O2/c1-24-14-8-15(17(23)20-5-2-3-6-20)21(12-14)11-13-9-19-16-10-18-4-7-22(13)16/h4,7,9-10,14-15H,2-3,5-6,8,11-12H2,1H3/t14-,15-/m0/s1. The molecule has 0 unspecified atom stereocenters. The van der Waals surface area contributed by atoms with Crippen LogP contribution in [0, 0.1) is 0 Å². The molecule has 2 aromatic heterocycles. The molecule has 2 aromatic rings. The summed E-state index contributed by atoms with van der Waals surface area (Å²) in [5.74, 6) is 0.252. The minimum atomic E-state index is -0.0968. The van der Waals surface area contributed by atoms with E-state index >= 15 is 0 Å². The molecule has 0 bridgehead atoms. The number of imidazole rings is 1. The van der Waals surface area contributed by atoms with Crippen molar-refractivity contribution in [2.24, 2.45) is 0 Å². The Hall–Kier alpha value is -1.99. The van der Waals surface area contributed by atoms with Crippen LogP contribution < -0.4 is 0 Å². The van der Waals surface area contributed by atoms with Crippen molar-refractivity contribution in [3.8, 4) is 0 Å². The van der Waals surface area contributed by atoms with Gasteiger partial charge in [-0.05, 0) is 19.3 Å². The highest BCUT2D eigenvalue weighted by Crippen LogP contribution is 2.25. The molecule has 2 fully saturated rings. The Morgan fingerprint density at radius 2 is 2.17 bits per heavy atom. The largest absolute Gasteiger partial charge is 0.380 e. The minimum Gasteiger partial charge on any atom is -0.380 e. The van der Waals surface area contributed by atoms with E-state index in [1.165, 1.54) is 0 Å². The van der Waals surface area contributed by atoms with Crippen molar-refractivity contribution in [2.45, 2.75) is 38.0 Å². The van der Waals surface area contributed by atoms with Crippen molar-refractivity contribution >= 4 is 11.6 Å². The summed E-state index contributed by atoms with van der Waals surface area (Å²) >= 11 is 0. The molecule has 0 aliphatic carbocycles. The lowest BCUT2D eigenvalue weighted by molar-refractivity contribution is -0.135. The van der Waals surface area contributed by atoms with Crippen LogP contribution in [-0.2, 0) is 16.1 Å². The van der Waals surface area contributed by atoms with Crippen molar-refractivity contribution in [3.05, 3.63) is 30.5 Å². The van der Waals surface area contributed by atoms with Gasteiger partial charge in [-0.1, -0.05) is 0 Å². The van der Waals surface area contributed by atoms with Crippen LogP contribution in [0.25, 0.3) is 5.65 Å². The second kappa shape index (κ2) is 6.49. The van der Waals surface area contributed by atoms with E-state index in [9.17, 15) is 4.79 Å². The van der Waals surface area contributed by atoms with E-state index in [-0.39, 0.29) is 18.1 Å². The lowest BCUT2D eigenvalue weighted by Crippen LogP contribution is -2.44. The predicted molar refractivity (Wildman–Crippen MR) is 88.4 cm³/mol. The molecular formula is C17H23N5O2. The number of methoxy groups -OCH3 is 1. The fourth-order valence-electron chi connectivity index (χ4n) is 3.83. The second-order valence-electron chi connectivity index (χ2n) is 6.63. The zero-order valence-electron chi connectivity index (χ0n) is 14.0. The topological polar surface area (TPSA) is 63.0 Å². The number of likely N-dealkylation sites (tertiary alicyclic amines) is 2. The summed E-state index contributed by atoms with van der Waals surface area (Å²) in [5, 5.41) is 0. The highest BCUT2D eigenvalue weighted by atomic mass is 16.5. The fraction of sp³-hybridized carbons (Fsp3) is 0.588. The third kappa shape index (κ3) is 2.78. The van der Waals surface area contributed by atoms with Crippen LogP contribution >= 0.6 is 0 Å². The van der Waals surface area contributed by atoms with Crippen molar-refractivity contribution in [1.29, 1.82) is 0 Å². The van der Waals surface area contributed by atoms with Crippen LogP contribution in [0.4, 0.5) is 0 Å². The Balaban J connectivity index is 1.55. The Morgan fingerprint density at radius 1 is 1.33 bits per heavy atom. The third-order valence-corrected chi connectivity index (χ3v) is 5.16. The van der Waals surface area contributed by atoms with Gasteiger partial charge in [-0.15, -0.1) is 0 Å². The maximum absolute atomic E-state index is 12.9. The molecule has 0 saturated carbocycles. The maximum Gasteiger partial charge on any atom is 0.240 e. The number of aromatic nitrogens is 3. The minimum absolute atomic E-state index is 0.0968. The number of hydrogen-bond donors (Lipinski definition) is 0. The zero-order chi connectivity index (χ0) is 16.5. The molecule has 4 rings (SSSR count). The monoisotopic (exact) mass is 329 g/mol. The Bertz CT molecular complexity index is 725. The summed E-state index contributed by atoms with van der Waals surface area (Å²) in [5.41, 5.74) is 1.90. The number of carbonyl (C=O) groups excluding carboxylic acids is 1. The van der Waals surface area contributed by atoms with Crippen molar-refractivity contribution in [1.82, 2.24) is 24.2 Å². The summed E-state index contributed by atoms with van der Waals surface area (Å²) in [6.07, 6.45) is 10.4. The fourth-order valence-corrected chi connectivity index (χ4v) is 3.83. The van der Waals surface area contributed by atoms with Crippen LogP contribution in [-0.4, -0.2) is 69.0 Å². The van der Waals surface area contributed by atoms with Gasteiger partial charge in [0.15, 0.2) is 5.65 Å². The smallest absolute Gasteiger partial charge is 0.240 e. The van der Waals surface area contributed by atoms with Gasteiger partial charge in [-0.3, -0.25) is 19.1 Å². The molecule has 2 aliphatic rings. The highest BCUT2D eigenvalue weighted by Gasteiger charge is 2.39. The van der Waals surface area contributed by atoms with Gasteiger partial charge in [-0.2, -0.15) is 0 Å². The van der Waals surface area contributed by atoms with Crippen LogP contribution in [0.3, 0.4) is 0 Å². The van der Waals surface area contributed by atoms with Gasteiger partial charge >= 0.3 is 0 Å². The van der Waals surface area contributed by atoms with Gasteiger partial charge in [0.25, 0.3) is 0 Å². The van der Waals surface area contributed by atoms with Crippen LogP contribution in [0.5, 0.6) is 0 Å². The Labute approximate surface area is 141 Å². The third-order valence-electron chi connectivity index (χ3n) is 5.16. The SMILES string of the molecule is CO[C@H]1C[C@@H](C(=O)N2CCCC2)N(Cc2cnc3cnccn23)C1. The number of amides is 1. The van der Waals surface area contributed by atoms with Crippen molar-refractivity contribution in [2.75, 3.05) is 26.7 Å². The van der Waals surface area contributed by atoms with E-state index in [1.807, 2.05) is 21.7 Å². The molecule has 1 amide bonds. The quantitative estimate of drug-likeness (QED) is 0.835. The van der Waals surface area contributed by atoms with Gasteiger partial charge in [0, 0.05) is 45.7 Å². The molecular weight excluding hydrogens is 306 g/mol. The lowest BCUT2D eigenvalue weighted by atomic mass is 10.1. The number of ether oxygens (including phenoxy) is 1. The van der Waals surface area contributed by atoms with E-state index in [2.05, 4.69) is 14.9 Å². The van der Waals surface area contributed by atoms with Crippen molar-refractivity contribution < 1.29 is 9.53 Å². The molecule has 24 heavy (non-hydrogen) atoms. The van der Waals surface area contributed by atoms with Crippen LogP contribution in [0.2, 0.25) is 0 Å². The molecule has 0 spiro atoms. The molecule has 7 heteroatoms. The second-order valence-corrected chi connectivity index (χ2v) is 6.63. The number of rotatable bonds is 4. The summed E-state index contributed by atoms with van der Waals surface area (Å²) in [7, 11) is 1.73. The molecule has 0 aromatic carbocycles. The average molecular weight is 329 g/mol.